The summed E-state index contributed by atoms with van der Waals surface area (Å²) in [6, 6.07) is 7.74. The third kappa shape index (κ3) is 2.49. The van der Waals surface area contributed by atoms with Crippen LogP contribution >= 0.6 is 0 Å². The number of hydrogen-bond acceptors (Lipinski definition) is 2. The minimum absolute atomic E-state index is 0.120. The maximum Gasteiger partial charge on any atom is 0.122 e. The van der Waals surface area contributed by atoms with Crippen molar-refractivity contribution >= 4 is 11.5 Å². The van der Waals surface area contributed by atoms with Gasteiger partial charge in [-0.2, -0.15) is 0 Å². The van der Waals surface area contributed by atoms with Crippen molar-refractivity contribution in [2.45, 2.75) is 13.3 Å². The van der Waals surface area contributed by atoms with Gasteiger partial charge in [0, 0.05) is 24.8 Å². The van der Waals surface area contributed by atoms with Crippen molar-refractivity contribution in [2.24, 2.45) is 5.73 Å². The molecule has 0 spiro atoms. The number of nitrogen functional groups attached to an aromatic ring is 1. The SMILES string of the molecule is CCCN(C)c1ccc(C(=N)N)cc1. The summed E-state index contributed by atoms with van der Waals surface area (Å²) >= 11 is 0. The van der Waals surface area contributed by atoms with Crippen LogP contribution in [-0.2, 0) is 0 Å². The van der Waals surface area contributed by atoms with Crippen molar-refractivity contribution < 1.29 is 0 Å². The van der Waals surface area contributed by atoms with Crippen molar-refractivity contribution in [1.29, 1.82) is 5.41 Å². The molecular weight excluding hydrogens is 174 g/mol. The highest BCUT2D eigenvalue weighted by Gasteiger charge is 2.00. The van der Waals surface area contributed by atoms with Crippen LogP contribution in [0.1, 0.15) is 18.9 Å². The van der Waals surface area contributed by atoms with E-state index in [0.29, 0.717) is 0 Å². The lowest BCUT2D eigenvalue weighted by Gasteiger charge is -2.18. The highest BCUT2D eigenvalue weighted by molar-refractivity contribution is 5.95. The lowest BCUT2D eigenvalue weighted by molar-refractivity contribution is 0.852. The molecule has 0 bridgehead atoms. The zero-order chi connectivity index (χ0) is 10.6. The highest BCUT2D eigenvalue weighted by Crippen LogP contribution is 2.13. The lowest BCUT2D eigenvalue weighted by atomic mass is 10.2. The van der Waals surface area contributed by atoms with Crippen molar-refractivity contribution in [2.75, 3.05) is 18.5 Å². The fraction of sp³-hybridized carbons (Fsp3) is 0.364. The van der Waals surface area contributed by atoms with E-state index in [9.17, 15) is 0 Å². The zero-order valence-corrected chi connectivity index (χ0v) is 8.75. The number of amidine groups is 1. The summed E-state index contributed by atoms with van der Waals surface area (Å²) in [5.74, 6) is 0.120. The summed E-state index contributed by atoms with van der Waals surface area (Å²) in [6.45, 7) is 3.19. The molecule has 3 nitrogen and oxygen atoms in total. The molecule has 0 aromatic heterocycles. The predicted octanol–water partition coefficient (Wildman–Crippen LogP) is 1.82. The van der Waals surface area contributed by atoms with Gasteiger partial charge in [0.25, 0.3) is 0 Å². The largest absolute Gasteiger partial charge is 0.384 e. The summed E-state index contributed by atoms with van der Waals surface area (Å²) in [7, 11) is 2.06. The predicted molar refractivity (Wildman–Crippen MR) is 61.0 cm³/mol. The van der Waals surface area contributed by atoms with Crippen LogP contribution in [0, 0.1) is 5.41 Å². The molecule has 3 N–H and O–H groups in total. The average molecular weight is 191 g/mol. The van der Waals surface area contributed by atoms with Gasteiger partial charge in [-0.1, -0.05) is 6.92 Å². The molecule has 76 valence electrons. The van der Waals surface area contributed by atoms with Crippen molar-refractivity contribution in [3.8, 4) is 0 Å². The second-order valence-corrected chi connectivity index (χ2v) is 3.38. The second kappa shape index (κ2) is 4.65. The number of rotatable bonds is 4. The third-order valence-corrected chi connectivity index (χ3v) is 2.18. The summed E-state index contributed by atoms with van der Waals surface area (Å²) in [5, 5.41) is 7.26. The maximum atomic E-state index is 7.26. The van der Waals surface area contributed by atoms with E-state index in [1.54, 1.807) is 0 Å². The molecular formula is C11H17N3. The van der Waals surface area contributed by atoms with Gasteiger partial charge < -0.3 is 10.6 Å². The average Bonchev–Trinajstić information content (AvgIpc) is 2.18. The fourth-order valence-electron chi connectivity index (χ4n) is 1.36. The number of benzene rings is 1. The van der Waals surface area contributed by atoms with Crippen LogP contribution in [0.25, 0.3) is 0 Å². The van der Waals surface area contributed by atoms with Gasteiger partial charge >= 0.3 is 0 Å². The third-order valence-electron chi connectivity index (χ3n) is 2.18. The molecule has 0 unspecified atom stereocenters. The van der Waals surface area contributed by atoms with Gasteiger partial charge in [0.05, 0.1) is 0 Å². The molecule has 0 saturated carbocycles. The molecule has 1 rings (SSSR count). The van der Waals surface area contributed by atoms with Crippen molar-refractivity contribution in [3.63, 3.8) is 0 Å². The Kier molecular flexibility index (Phi) is 3.51. The first-order chi connectivity index (χ1) is 6.65. The Morgan fingerprint density at radius 3 is 2.36 bits per heavy atom. The zero-order valence-electron chi connectivity index (χ0n) is 8.75. The summed E-state index contributed by atoms with van der Waals surface area (Å²) in [4.78, 5) is 2.18. The Morgan fingerprint density at radius 1 is 1.36 bits per heavy atom. The van der Waals surface area contributed by atoms with Crippen LogP contribution in [0.5, 0.6) is 0 Å². The molecule has 1 aromatic rings. The molecule has 0 aliphatic carbocycles. The summed E-state index contributed by atoms with van der Waals surface area (Å²) in [6.07, 6.45) is 1.13. The van der Waals surface area contributed by atoms with Crippen LogP contribution in [0.4, 0.5) is 5.69 Å². The van der Waals surface area contributed by atoms with E-state index in [1.165, 1.54) is 0 Å². The Morgan fingerprint density at radius 2 is 1.93 bits per heavy atom. The van der Waals surface area contributed by atoms with E-state index in [1.807, 2.05) is 24.3 Å². The highest BCUT2D eigenvalue weighted by atomic mass is 15.1. The Hall–Kier alpha value is -1.51. The molecule has 0 aliphatic rings. The molecule has 0 radical (unpaired) electrons. The molecule has 14 heavy (non-hydrogen) atoms. The Labute approximate surface area is 85.0 Å². The van der Waals surface area contributed by atoms with Crippen molar-refractivity contribution in [3.05, 3.63) is 29.8 Å². The first-order valence-corrected chi connectivity index (χ1v) is 4.80. The second-order valence-electron chi connectivity index (χ2n) is 3.38. The van der Waals surface area contributed by atoms with E-state index < -0.39 is 0 Å². The number of nitrogens with one attached hydrogen (secondary N) is 1. The fourth-order valence-corrected chi connectivity index (χ4v) is 1.36. The van der Waals surface area contributed by atoms with Gasteiger partial charge in [-0.15, -0.1) is 0 Å². The molecule has 0 amide bonds. The Balaban J connectivity index is 2.77. The van der Waals surface area contributed by atoms with Crippen LogP contribution in [0.3, 0.4) is 0 Å². The number of nitrogens with zero attached hydrogens (tertiary/aromatic N) is 1. The monoisotopic (exact) mass is 191 g/mol. The van der Waals surface area contributed by atoms with Crippen LogP contribution in [-0.4, -0.2) is 19.4 Å². The topological polar surface area (TPSA) is 53.1 Å². The van der Waals surface area contributed by atoms with Crippen LogP contribution in [0.15, 0.2) is 24.3 Å². The van der Waals surface area contributed by atoms with E-state index >= 15 is 0 Å². The standard InChI is InChI=1S/C11H17N3/c1-3-8-14(2)10-6-4-9(5-7-10)11(12)13/h4-7H,3,8H2,1-2H3,(H3,12,13). The number of hydrogen-bond donors (Lipinski definition) is 2. The number of nitrogens with two attached hydrogens (primary N) is 1. The quantitative estimate of drug-likeness (QED) is 0.563. The van der Waals surface area contributed by atoms with Gasteiger partial charge in [-0.3, -0.25) is 5.41 Å². The lowest BCUT2D eigenvalue weighted by Crippen LogP contribution is -2.18. The first-order valence-electron chi connectivity index (χ1n) is 4.80. The van der Waals surface area contributed by atoms with Gasteiger partial charge in [0.2, 0.25) is 0 Å². The molecule has 3 heteroatoms. The summed E-state index contributed by atoms with van der Waals surface area (Å²) in [5.41, 5.74) is 7.31. The van der Waals surface area contributed by atoms with E-state index in [2.05, 4.69) is 18.9 Å². The van der Waals surface area contributed by atoms with Gasteiger partial charge in [-0.05, 0) is 30.7 Å². The molecule has 0 saturated heterocycles. The molecule has 0 heterocycles. The van der Waals surface area contributed by atoms with Gasteiger partial charge in [0.15, 0.2) is 0 Å². The van der Waals surface area contributed by atoms with E-state index in [4.69, 9.17) is 11.1 Å². The van der Waals surface area contributed by atoms with Crippen LogP contribution in [0.2, 0.25) is 0 Å². The molecule has 0 aliphatic heterocycles. The molecule has 0 atom stereocenters. The maximum absolute atomic E-state index is 7.26. The normalized spacial score (nSPS) is 9.86. The number of anilines is 1. The molecule has 1 aromatic carbocycles. The van der Waals surface area contributed by atoms with E-state index in [-0.39, 0.29) is 5.84 Å². The van der Waals surface area contributed by atoms with Crippen LogP contribution < -0.4 is 10.6 Å². The van der Waals surface area contributed by atoms with Crippen molar-refractivity contribution in [1.82, 2.24) is 0 Å². The van der Waals surface area contributed by atoms with Gasteiger partial charge in [-0.25, -0.2) is 0 Å². The molecule has 0 fully saturated rings. The van der Waals surface area contributed by atoms with Gasteiger partial charge in [0.1, 0.15) is 5.84 Å². The summed E-state index contributed by atoms with van der Waals surface area (Å²) < 4.78 is 0. The van der Waals surface area contributed by atoms with E-state index in [0.717, 1.165) is 24.2 Å². The minimum atomic E-state index is 0.120. The smallest absolute Gasteiger partial charge is 0.122 e. The minimum Gasteiger partial charge on any atom is -0.384 e. The first kappa shape index (κ1) is 10.6. The Bertz CT molecular complexity index is 303.